The van der Waals surface area contributed by atoms with Crippen molar-refractivity contribution >= 4 is 5.91 Å². The standard InChI is InChI=1S/C13H19N5O/c1-17-8-6-15-12(17)10-13(19)16-4-2-3-7-18-9-5-14-11-18/h5-6,8-9,11H,2-4,7,10H2,1H3,(H,16,19). The summed E-state index contributed by atoms with van der Waals surface area (Å²) < 4.78 is 3.90. The number of nitrogens with zero attached hydrogens (tertiary/aromatic N) is 4. The second-order valence-corrected chi connectivity index (χ2v) is 4.49. The number of rotatable bonds is 7. The normalized spacial score (nSPS) is 10.6. The largest absolute Gasteiger partial charge is 0.356 e. The van der Waals surface area contributed by atoms with Crippen molar-refractivity contribution < 1.29 is 4.79 Å². The predicted octanol–water partition coefficient (Wildman–Crippen LogP) is 0.756. The van der Waals surface area contributed by atoms with Gasteiger partial charge in [-0.1, -0.05) is 0 Å². The van der Waals surface area contributed by atoms with Crippen LogP contribution < -0.4 is 5.32 Å². The zero-order valence-electron chi connectivity index (χ0n) is 11.1. The minimum absolute atomic E-state index is 0.0249. The zero-order valence-corrected chi connectivity index (χ0v) is 11.1. The second-order valence-electron chi connectivity index (χ2n) is 4.49. The summed E-state index contributed by atoms with van der Waals surface area (Å²) in [6.07, 6.45) is 11.4. The highest BCUT2D eigenvalue weighted by molar-refractivity contribution is 5.77. The summed E-state index contributed by atoms with van der Waals surface area (Å²) in [7, 11) is 1.89. The summed E-state index contributed by atoms with van der Waals surface area (Å²) in [4.78, 5) is 19.8. The van der Waals surface area contributed by atoms with Gasteiger partial charge in [0.2, 0.25) is 5.91 Å². The molecular formula is C13H19N5O. The molecule has 6 nitrogen and oxygen atoms in total. The van der Waals surface area contributed by atoms with E-state index in [4.69, 9.17) is 0 Å². The van der Waals surface area contributed by atoms with Crippen LogP contribution in [0.5, 0.6) is 0 Å². The van der Waals surface area contributed by atoms with E-state index < -0.39 is 0 Å². The average molecular weight is 261 g/mol. The first-order chi connectivity index (χ1) is 9.25. The van der Waals surface area contributed by atoms with Crippen LogP contribution in [0.1, 0.15) is 18.7 Å². The van der Waals surface area contributed by atoms with E-state index in [1.54, 1.807) is 18.7 Å². The number of nitrogens with one attached hydrogen (secondary N) is 1. The molecule has 1 N–H and O–H groups in total. The number of aromatic nitrogens is 4. The Bertz CT molecular complexity index is 503. The molecule has 1 amide bonds. The number of carbonyl (C=O) groups is 1. The van der Waals surface area contributed by atoms with E-state index in [2.05, 4.69) is 15.3 Å². The first-order valence-corrected chi connectivity index (χ1v) is 6.44. The van der Waals surface area contributed by atoms with Crippen molar-refractivity contribution in [1.29, 1.82) is 0 Å². The highest BCUT2D eigenvalue weighted by Crippen LogP contribution is 1.96. The van der Waals surface area contributed by atoms with Crippen LogP contribution in [-0.4, -0.2) is 31.6 Å². The van der Waals surface area contributed by atoms with Gasteiger partial charge in [-0.3, -0.25) is 4.79 Å². The molecule has 0 unspecified atom stereocenters. The highest BCUT2D eigenvalue weighted by Gasteiger charge is 2.06. The van der Waals surface area contributed by atoms with Gasteiger partial charge in [-0.2, -0.15) is 0 Å². The second kappa shape index (κ2) is 6.72. The molecule has 2 aromatic rings. The first kappa shape index (κ1) is 13.3. The third-order valence-electron chi connectivity index (χ3n) is 2.96. The Hall–Kier alpha value is -2.11. The van der Waals surface area contributed by atoms with Crippen molar-refractivity contribution in [2.24, 2.45) is 7.05 Å². The van der Waals surface area contributed by atoms with Gasteiger partial charge in [0.15, 0.2) is 0 Å². The lowest BCUT2D eigenvalue weighted by Gasteiger charge is -2.06. The monoisotopic (exact) mass is 261 g/mol. The fourth-order valence-electron chi connectivity index (χ4n) is 1.84. The van der Waals surface area contributed by atoms with E-state index in [1.165, 1.54) is 0 Å². The Balaban J connectivity index is 1.58. The van der Waals surface area contributed by atoms with Gasteiger partial charge >= 0.3 is 0 Å². The third-order valence-corrected chi connectivity index (χ3v) is 2.96. The van der Waals surface area contributed by atoms with Crippen LogP contribution in [0, 0.1) is 0 Å². The van der Waals surface area contributed by atoms with Crippen LogP contribution in [0.15, 0.2) is 31.1 Å². The Morgan fingerprint density at radius 1 is 1.32 bits per heavy atom. The van der Waals surface area contributed by atoms with E-state index in [9.17, 15) is 4.79 Å². The molecule has 2 heterocycles. The number of aryl methyl sites for hydroxylation is 2. The van der Waals surface area contributed by atoms with Gasteiger partial charge < -0.3 is 14.5 Å². The van der Waals surface area contributed by atoms with Crippen LogP contribution in [0.3, 0.4) is 0 Å². The minimum Gasteiger partial charge on any atom is -0.356 e. The molecule has 0 aliphatic rings. The maximum absolute atomic E-state index is 11.7. The molecule has 0 fully saturated rings. The summed E-state index contributed by atoms with van der Waals surface area (Å²) >= 11 is 0. The van der Waals surface area contributed by atoms with Crippen molar-refractivity contribution in [2.45, 2.75) is 25.8 Å². The molecule has 0 atom stereocenters. The molecule has 2 aromatic heterocycles. The first-order valence-electron chi connectivity index (χ1n) is 6.44. The number of hydrogen-bond acceptors (Lipinski definition) is 3. The van der Waals surface area contributed by atoms with Crippen molar-refractivity contribution in [2.75, 3.05) is 6.54 Å². The molecule has 0 bridgehead atoms. The summed E-state index contributed by atoms with van der Waals surface area (Å²) in [6, 6.07) is 0. The molecule has 0 saturated carbocycles. The van der Waals surface area contributed by atoms with Crippen molar-refractivity contribution in [3.8, 4) is 0 Å². The molecule has 0 aliphatic heterocycles. The summed E-state index contributed by atoms with van der Waals surface area (Å²) in [5.41, 5.74) is 0. The van der Waals surface area contributed by atoms with Gasteiger partial charge in [0.05, 0.1) is 12.7 Å². The molecule has 19 heavy (non-hydrogen) atoms. The maximum Gasteiger partial charge on any atom is 0.227 e. The molecule has 0 aromatic carbocycles. The summed E-state index contributed by atoms with van der Waals surface area (Å²) in [5, 5.41) is 2.91. The van der Waals surface area contributed by atoms with Crippen LogP contribution in [0.25, 0.3) is 0 Å². The fraction of sp³-hybridized carbons (Fsp3) is 0.462. The fourth-order valence-corrected chi connectivity index (χ4v) is 1.84. The SMILES string of the molecule is Cn1ccnc1CC(=O)NCCCCn1ccnc1. The van der Waals surface area contributed by atoms with Gasteiger partial charge in [-0.05, 0) is 12.8 Å². The van der Waals surface area contributed by atoms with Crippen LogP contribution in [0.4, 0.5) is 0 Å². The number of imidazole rings is 2. The topological polar surface area (TPSA) is 64.7 Å². The van der Waals surface area contributed by atoms with E-state index in [1.807, 2.05) is 28.6 Å². The van der Waals surface area contributed by atoms with E-state index in [0.717, 1.165) is 25.2 Å². The summed E-state index contributed by atoms with van der Waals surface area (Å²) in [6.45, 7) is 1.65. The maximum atomic E-state index is 11.7. The zero-order chi connectivity index (χ0) is 13.5. The minimum atomic E-state index is 0.0249. The van der Waals surface area contributed by atoms with Gasteiger partial charge in [-0.15, -0.1) is 0 Å². The Labute approximate surface area is 112 Å². The van der Waals surface area contributed by atoms with Gasteiger partial charge in [-0.25, -0.2) is 9.97 Å². The highest BCUT2D eigenvalue weighted by atomic mass is 16.1. The lowest BCUT2D eigenvalue weighted by atomic mass is 10.3. The number of carbonyl (C=O) groups excluding carboxylic acids is 1. The van der Waals surface area contributed by atoms with Crippen molar-refractivity contribution in [1.82, 2.24) is 24.4 Å². The van der Waals surface area contributed by atoms with Gasteiger partial charge in [0, 0.05) is 44.9 Å². The molecule has 0 aliphatic carbocycles. The summed E-state index contributed by atoms with van der Waals surface area (Å²) in [5.74, 6) is 0.813. The molecule has 2 rings (SSSR count). The molecular weight excluding hydrogens is 242 g/mol. The van der Waals surface area contributed by atoms with E-state index >= 15 is 0 Å². The lowest BCUT2D eigenvalue weighted by molar-refractivity contribution is -0.120. The molecule has 0 saturated heterocycles. The molecule has 0 spiro atoms. The van der Waals surface area contributed by atoms with E-state index in [0.29, 0.717) is 13.0 Å². The van der Waals surface area contributed by atoms with Crippen molar-refractivity contribution in [3.63, 3.8) is 0 Å². The van der Waals surface area contributed by atoms with E-state index in [-0.39, 0.29) is 5.91 Å². The Morgan fingerprint density at radius 3 is 2.89 bits per heavy atom. The Morgan fingerprint density at radius 2 is 2.21 bits per heavy atom. The average Bonchev–Trinajstić information content (AvgIpc) is 3.02. The smallest absolute Gasteiger partial charge is 0.227 e. The van der Waals surface area contributed by atoms with Gasteiger partial charge in [0.25, 0.3) is 0 Å². The predicted molar refractivity (Wildman–Crippen MR) is 71.4 cm³/mol. The number of hydrogen-bond donors (Lipinski definition) is 1. The number of amides is 1. The van der Waals surface area contributed by atoms with Crippen LogP contribution in [-0.2, 0) is 24.8 Å². The Kier molecular flexibility index (Phi) is 4.72. The van der Waals surface area contributed by atoms with Gasteiger partial charge in [0.1, 0.15) is 5.82 Å². The lowest BCUT2D eigenvalue weighted by Crippen LogP contribution is -2.27. The van der Waals surface area contributed by atoms with Crippen molar-refractivity contribution in [3.05, 3.63) is 36.9 Å². The van der Waals surface area contributed by atoms with Crippen LogP contribution >= 0.6 is 0 Å². The van der Waals surface area contributed by atoms with Crippen LogP contribution in [0.2, 0.25) is 0 Å². The quantitative estimate of drug-likeness (QED) is 0.748. The molecule has 6 heteroatoms. The molecule has 102 valence electrons. The molecule has 0 radical (unpaired) electrons. The number of unbranched alkanes of at least 4 members (excludes halogenated alkanes) is 1. The third kappa shape index (κ3) is 4.24.